The predicted molar refractivity (Wildman–Crippen MR) is 135 cm³/mol. The molecule has 0 bridgehead atoms. The molecule has 5 rings (SSSR count). The molecular weight excluding hydrogens is 475 g/mol. The molecule has 8 nitrogen and oxygen atoms in total. The van der Waals surface area contributed by atoms with Crippen molar-refractivity contribution in [2.24, 2.45) is 0 Å². The second-order valence-electron chi connectivity index (χ2n) is 8.87. The Hall–Kier alpha value is -4.27. The van der Waals surface area contributed by atoms with E-state index in [1.165, 1.54) is 19.2 Å². The molecule has 1 amide bonds. The number of hydrogen-bond acceptors (Lipinski definition) is 6. The van der Waals surface area contributed by atoms with Gasteiger partial charge in [0.1, 0.15) is 5.69 Å². The van der Waals surface area contributed by atoms with E-state index >= 15 is 0 Å². The van der Waals surface area contributed by atoms with Crippen LogP contribution in [0.4, 0.5) is 4.39 Å². The normalized spacial score (nSPS) is 13.9. The first-order valence-corrected chi connectivity index (χ1v) is 12.2. The van der Waals surface area contributed by atoms with E-state index in [0.29, 0.717) is 36.4 Å². The summed E-state index contributed by atoms with van der Waals surface area (Å²) >= 11 is 0. The molecule has 0 aliphatic carbocycles. The minimum absolute atomic E-state index is 0.0765. The van der Waals surface area contributed by atoms with Gasteiger partial charge in [-0.15, -0.1) is 0 Å². The molecule has 0 N–H and O–H groups in total. The van der Waals surface area contributed by atoms with Gasteiger partial charge in [-0.1, -0.05) is 6.07 Å². The van der Waals surface area contributed by atoms with E-state index in [1.807, 2.05) is 41.1 Å². The zero-order valence-corrected chi connectivity index (χ0v) is 20.7. The second-order valence-corrected chi connectivity index (χ2v) is 8.87. The number of nitrogens with zero attached hydrogens (tertiary/aromatic N) is 4. The summed E-state index contributed by atoms with van der Waals surface area (Å²) in [7, 11) is 1.39. The standard InChI is InChI=1S/C28H27FN4O4/c1-3-37-26(34)16-23(20-7-9-25(36-2)22(29)15-20)33-12-11-32-17-18(14-24(32)28(33)35)13-21-8-6-19-5-4-10-30-27(19)31-21/h4-10,14-15,17,23H,3,11-13,16H2,1-2H3/t23-/m0/s1. The van der Waals surface area contributed by atoms with Gasteiger partial charge in [0.05, 0.1) is 26.2 Å². The molecule has 9 heteroatoms. The minimum atomic E-state index is -0.674. The molecule has 4 heterocycles. The van der Waals surface area contributed by atoms with Gasteiger partial charge in [0, 0.05) is 43.0 Å². The third-order valence-electron chi connectivity index (χ3n) is 6.52. The first kappa shape index (κ1) is 24.4. The minimum Gasteiger partial charge on any atom is -0.494 e. The summed E-state index contributed by atoms with van der Waals surface area (Å²) in [6, 6.07) is 13.5. The van der Waals surface area contributed by atoms with Crippen molar-refractivity contribution in [1.29, 1.82) is 0 Å². The van der Waals surface area contributed by atoms with E-state index in [-0.39, 0.29) is 24.7 Å². The number of benzene rings is 1. The summed E-state index contributed by atoms with van der Waals surface area (Å²) in [4.78, 5) is 36.6. The fraction of sp³-hybridized carbons (Fsp3) is 0.286. The molecule has 1 atom stereocenters. The molecular formula is C28H27FN4O4. The summed E-state index contributed by atoms with van der Waals surface area (Å²) < 4.78 is 26.6. The van der Waals surface area contributed by atoms with Gasteiger partial charge < -0.3 is 18.9 Å². The average Bonchev–Trinajstić information content (AvgIpc) is 3.31. The molecule has 190 valence electrons. The number of carbonyl (C=O) groups is 2. The predicted octanol–water partition coefficient (Wildman–Crippen LogP) is 4.32. The summed E-state index contributed by atoms with van der Waals surface area (Å²) in [5.74, 6) is -1.13. The van der Waals surface area contributed by atoms with Gasteiger partial charge in [-0.3, -0.25) is 9.59 Å². The Morgan fingerprint density at radius 2 is 2.03 bits per heavy atom. The lowest BCUT2D eigenvalue weighted by molar-refractivity contribution is -0.144. The SMILES string of the molecule is CCOC(=O)C[C@@H](c1ccc(OC)c(F)c1)N1CCn2cc(Cc3ccc4cccnc4n3)cc2C1=O. The van der Waals surface area contributed by atoms with Crippen molar-refractivity contribution < 1.29 is 23.5 Å². The van der Waals surface area contributed by atoms with Crippen molar-refractivity contribution in [3.63, 3.8) is 0 Å². The highest BCUT2D eigenvalue weighted by Gasteiger charge is 2.33. The van der Waals surface area contributed by atoms with Crippen LogP contribution >= 0.6 is 0 Å². The Kier molecular flexibility index (Phi) is 6.85. The Morgan fingerprint density at radius 3 is 2.81 bits per heavy atom. The summed E-state index contributed by atoms with van der Waals surface area (Å²) in [6.45, 7) is 2.86. The van der Waals surface area contributed by atoms with Crippen LogP contribution in [-0.2, 0) is 22.5 Å². The van der Waals surface area contributed by atoms with Crippen LogP contribution in [-0.4, -0.2) is 51.6 Å². The van der Waals surface area contributed by atoms with Gasteiger partial charge in [0.15, 0.2) is 17.2 Å². The van der Waals surface area contributed by atoms with E-state index in [9.17, 15) is 14.0 Å². The number of pyridine rings is 2. The first-order valence-electron chi connectivity index (χ1n) is 12.2. The van der Waals surface area contributed by atoms with E-state index < -0.39 is 17.8 Å². The maximum absolute atomic E-state index is 14.5. The van der Waals surface area contributed by atoms with Crippen molar-refractivity contribution in [3.8, 4) is 5.75 Å². The van der Waals surface area contributed by atoms with E-state index in [4.69, 9.17) is 9.47 Å². The Bertz CT molecular complexity index is 1470. The highest BCUT2D eigenvalue weighted by Crippen LogP contribution is 2.32. The van der Waals surface area contributed by atoms with Gasteiger partial charge in [-0.25, -0.2) is 14.4 Å². The number of ether oxygens (including phenoxy) is 2. The quantitative estimate of drug-likeness (QED) is 0.334. The number of aromatic nitrogens is 3. The maximum Gasteiger partial charge on any atom is 0.308 e. The summed E-state index contributed by atoms with van der Waals surface area (Å²) in [5.41, 5.74) is 3.51. The summed E-state index contributed by atoms with van der Waals surface area (Å²) in [5, 5.41) is 0.968. The molecule has 0 unspecified atom stereocenters. The number of carbonyl (C=O) groups excluding carboxylic acids is 2. The van der Waals surface area contributed by atoms with Gasteiger partial charge in [0.25, 0.3) is 5.91 Å². The fourth-order valence-corrected chi connectivity index (χ4v) is 4.77. The van der Waals surface area contributed by atoms with Crippen LogP contribution in [0.15, 0.2) is 60.9 Å². The Labute approximate surface area is 213 Å². The fourth-order valence-electron chi connectivity index (χ4n) is 4.77. The molecule has 37 heavy (non-hydrogen) atoms. The van der Waals surface area contributed by atoms with Crippen LogP contribution in [0.1, 0.15) is 46.7 Å². The van der Waals surface area contributed by atoms with Crippen LogP contribution in [0.5, 0.6) is 5.75 Å². The zero-order chi connectivity index (χ0) is 25.9. The van der Waals surface area contributed by atoms with E-state index in [0.717, 1.165) is 16.6 Å². The van der Waals surface area contributed by atoms with Crippen LogP contribution in [0, 0.1) is 5.82 Å². The van der Waals surface area contributed by atoms with E-state index in [1.54, 1.807) is 24.1 Å². The topological polar surface area (TPSA) is 86.6 Å². The highest BCUT2D eigenvalue weighted by atomic mass is 19.1. The zero-order valence-electron chi connectivity index (χ0n) is 20.7. The first-order chi connectivity index (χ1) is 18.0. The lowest BCUT2D eigenvalue weighted by Crippen LogP contribution is -2.43. The highest BCUT2D eigenvalue weighted by molar-refractivity contribution is 5.94. The monoisotopic (exact) mass is 502 g/mol. The second kappa shape index (κ2) is 10.4. The molecule has 4 aromatic rings. The average molecular weight is 503 g/mol. The molecule has 0 radical (unpaired) electrons. The summed E-state index contributed by atoms with van der Waals surface area (Å²) in [6.07, 6.45) is 4.15. The Morgan fingerprint density at radius 1 is 1.16 bits per heavy atom. The Balaban J connectivity index is 1.41. The number of hydrogen-bond donors (Lipinski definition) is 0. The molecule has 0 fully saturated rings. The smallest absolute Gasteiger partial charge is 0.308 e. The van der Waals surface area contributed by atoms with Crippen molar-refractivity contribution in [2.45, 2.75) is 32.4 Å². The number of methoxy groups -OCH3 is 1. The van der Waals surface area contributed by atoms with Crippen LogP contribution < -0.4 is 4.74 Å². The molecule has 3 aromatic heterocycles. The lowest BCUT2D eigenvalue weighted by atomic mass is 10.00. The van der Waals surface area contributed by atoms with Crippen molar-refractivity contribution >= 4 is 22.9 Å². The van der Waals surface area contributed by atoms with Crippen LogP contribution in [0.25, 0.3) is 11.0 Å². The third kappa shape index (κ3) is 5.02. The number of fused-ring (bicyclic) bond motifs is 2. The third-order valence-corrected chi connectivity index (χ3v) is 6.52. The lowest BCUT2D eigenvalue weighted by Gasteiger charge is -2.35. The molecule has 1 aliphatic rings. The molecule has 0 saturated carbocycles. The molecule has 1 aromatic carbocycles. The number of amides is 1. The van der Waals surface area contributed by atoms with Crippen LogP contribution in [0.3, 0.4) is 0 Å². The maximum atomic E-state index is 14.5. The number of rotatable bonds is 8. The van der Waals surface area contributed by atoms with Gasteiger partial charge >= 0.3 is 5.97 Å². The van der Waals surface area contributed by atoms with Gasteiger partial charge in [-0.05, 0) is 60.5 Å². The van der Waals surface area contributed by atoms with Crippen LogP contribution in [0.2, 0.25) is 0 Å². The largest absolute Gasteiger partial charge is 0.494 e. The van der Waals surface area contributed by atoms with Crippen molar-refractivity contribution in [3.05, 3.63) is 89.3 Å². The van der Waals surface area contributed by atoms with E-state index in [2.05, 4.69) is 9.97 Å². The molecule has 0 spiro atoms. The molecule has 0 saturated heterocycles. The van der Waals surface area contributed by atoms with Crippen molar-refractivity contribution in [2.75, 3.05) is 20.3 Å². The molecule has 1 aliphatic heterocycles. The van der Waals surface area contributed by atoms with Crippen molar-refractivity contribution in [1.82, 2.24) is 19.4 Å². The van der Waals surface area contributed by atoms with Gasteiger partial charge in [-0.2, -0.15) is 0 Å². The van der Waals surface area contributed by atoms with Gasteiger partial charge in [0.2, 0.25) is 0 Å². The number of halogens is 1. The number of esters is 1.